The molecule has 0 radical (unpaired) electrons. The van der Waals surface area contributed by atoms with E-state index in [9.17, 15) is 0 Å². The van der Waals surface area contributed by atoms with Crippen molar-refractivity contribution >= 4 is 0 Å². The molecule has 0 unspecified atom stereocenters. The third kappa shape index (κ3) is 1.83. The quantitative estimate of drug-likeness (QED) is 0.656. The second-order valence-corrected chi connectivity index (χ2v) is 3.41. The van der Waals surface area contributed by atoms with Gasteiger partial charge < -0.3 is 0 Å². The van der Waals surface area contributed by atoms with Crippen molar-refractivity contribution in [3.8, 4) is 6.07 Å². The summed E-state index contributed by atoms with van der Waals surface area (Å²) in [5.74, 6) is 1.02. The zero-order valence-electron chi connectivity index (χ0n) is 8.42. The van der Waals surface area contributed by atoms with Gasteiger partial charge in [0.1, 0.15) is 17.6 Å². The summed E-state index contributed by atoms with van der Waals surface area (Å²) in [6.07, 6.45) is 0. The van der Waals surface area contributed by atoms with Crippen LogP contribution in [-0.4, -0.2) is 9.97 Å². The Morgan fingerprint density at radius 3 is 2.31 bits per heavy atom. The largest absolute Gasteiger partial charge is 0.238 e. The molecule has 0 saturated carbocycles. The summed E-state index contributed by atoms with van der Waals surface area (Å²) < 4.78 is 0. The third-order valence-corrected chi connectivity index (χ3v) is 2.03. The van der Waals surface area contributed by atoms with Crippen LogP contribution in [0.2, 0.25) is 0 Å². The molecule has 1 aromatic rings. The summed E-state index contributed by atoms with van der Waals surface area (Å²) in [7, 11) is 0. The summed E-state index contributed by atoms with van der Waals surface area (Å²) in [4.78, 5) is 8.50. The Balaban J connectivity index is 3.32. The topological polar surface area (TPSA) is 49.6 Å². The molecule has 0 aliphatic heterocycles. The fourth-order valence-corrected chi connectivity index (χ4v) is 1.02. The number of hydrogen-bond acceptors (Lipinski definition) is 3. The fraction of sp³-hybridized carbons (Fsp3) is 0.500. The minimum atomic E-state index is 0.270. The molecule has 0 N–H and O–H groups in total. The highest BCUT2D eigenvalue weighted by Crippen LogP contribution is 2.13. The van der Waals surface area contributed by atoms with E-state index in [1.165, 1.54) is 0 Å². The van der Waals surface area contributed by atoms with E-state index in [1.807, 2.05) is 27.7 Å². The van der Waals surface area contributed by atoms with Gasteiger partial charge in [-0.05, 0) is 13.8 Å². The monoisotopic (exact) mass is 175 g/mol. The number of aromatic nitrogens is 2. The lowest BCUT2D eigenvalue weighted by Crippen LogP contribution is -2.04. The fourth-order valence-electron chi connectivity index (χ4n) is 1.02. The highest BCUT2D eigenvalue weighted by molar-refractivity contribution is 5.33. The number of hydrogen-bond donors (Lipinski definition) is 0. The predicted octanol–water partition coefficient (Wildman–Crippen LogP) is 2.09. The van der Waals surface area contributed by atoms with Crippen LogP contribution in [0.3, 0.4) is 0 Å². The lowest BCUT2D eigenvalue weighted by atomic mass is 10.1. The molecular weight excluding hydrogens is 162 g/mol. The smallest absolute Gasteiger partial charge is 0.147 e. The van der Waals surface area contributed by atoms with Crippen LogP contribution >= 0.6 is 0 Å². The molecule has 1 aromatic heterocycles. The lowest BCUT2D eigenvalue weighted by molar-refractivity contribution is 0.758. The van der Waals surface area contributed by atoms with Crippen LogP contribution in [0.4, 0.5) is 0 Å². The van der Waals surface area contributed by atoms with Gasteiger partial charge in [0.15, 0.2) is 0 Å². The average Bonchev–Trinajstić information content (AvgIpc) is 2.09. The van der Waals surface area contributed by atoms with Crippen molar-refractivity contribution in [2.24, 2.45) is 0 Å². The van der Waals surface area contributed by atoms with Crippen LogP contribution in [0, 0.1) is 25.2 Å². The highest BCUT2D eigenvalue weighted by Gasteiger charge is 2.09. The van der Waals surface area contributed by atoms with Crippen LogP contribution in [0.15, 0.2) is 0 Å². The minimum Gasteiger partial charge on any atom is -0.238 e. The Labute approximate surface area is 78.5 Å². The average molecular weight is 175 g/mol. The van der Waals surface area contributed by atoms with Gasteiger partial charge in [0.2, 0.25) is 0 Å². The van der Waals surface area contributed by atoms with Crippen molar-refractivity contribution in [3.05, 3.63) is 22.8 Å². The van der Waals surface area contributed by atoms with Crippen LogP contribution in [-0.2, 0) is 0 Å². The van der Waals surface area contributed by atoms with Gasteiger partial charge in [-0.2, -0.15) is 5.26 Å². The standard InChI is InChI=1S/C10H13N3/c1-6(2)10-12-8(4)7(3)9(5-11)13-10/h6H,1-4H3. The van der Waals surface area contributed by atoms with Crippen LogP contribution in [0.5, 0.6) is 0 Å². The molecule has 13 heavy (non-hydrogen) atoms. The molecule has 0 aliphatic rings. The molecule has 1 rings (SSSR count). The van der Waals surface area contributed by atoms with E-state index in [2.05, 4.69) is 16.0 Å². The maximum Gasteiger partial charge on any atom is 0.147 e. The van der Waals surface area contributed by atoms with Crippen LogP contribution in [0.1, 0.15) is 42.5 Å². The Morgan fingerprint density at radius 2 is 1.85 bits per heavy atom. The SMILES string of the molecule is Cc1nc(C(C)C)nc(C#N)c1C. The third-order valence-electron chi connectivity index (χ3n) is 2.03. The molecule has 0 fully saturated rings. The number of aryl methyl sites for hydroxylation is 1. The second-order valence-electron chi connectivity index (χ2n) is 3.41. The molecule has 68 valence electrons. The first-order valence-corrected chi connectivity index (χ1v) is 4.31. The molecule has 0 spiro atoms. The van der Waals surface area contributed by atoms with Gasteiger partial charge in [0.25, 0.3) is 0 Å². The van der Waals surface area contributed by atoms with E-state index >= 15 is 0 Å². The molecule has 0 aromatic carbocycles. The summed E-state index contributed by atoms with van der Waals surface area (Å²) in [5, 5.41) is 8.81. The predicted molar refractivity (Wildman–Crippen MR) is 50.3 cm³/mol. The normalized spacial score (nSPS) is 10.2. The van der Waals surface area contributed by atoms with Gasteiger partial charge in [-0.3, -0.25) is 0 Å². The Bertz CT molecular complexity index is 361. The van der Waals surface area contributed by atoms with Gasteiger partial charge in [-0.15, -0.1) is 0 Å². The molecule has 0 atom stereocenters. The zero-order chi connectivity index (χ0) is 10.0. The molecule has 0 aliphatic carbocycles. The first-order chi connectivity index (χ1) is 6.06. The Kier molecular flexibility index (Phi) is 2.62. The van der Waals surface area contributed by atoms with E-state index < -0.39 is 0 Å². The van der Waals surface area contributed by atoms with Crippen molar-refractivity contribution in [3.63, 3.8) is 0 Å². The molecular formula is C10H13N3. The van der Waals surface area contributed by atoms with Gasteiger partial charge in [0.05, 0.1) is 0 Å². The van der Waals surface area contributed by atoms with Crippen molar-refractivity contribution in [1.82, 2.24) is 9.97 Å². The van der Waals surface area contributed by atoms with E-state index in [0.717, 1.165) is 17.1 Å². The summed E-state index contributed by atoms with van der Waals surface area (Å²) >= 11 is 0. The molecule has 0 amide bonds. The maximum absolute atomic E-state index is 8.81. The molecule has 3 nitrogen and oxygen atoms in total. The summed E-state index contributed by atoms with van der Waals surface area (Å²) in [6.45, 7) is 7.82. The number of nitrogens with zero attached hydrogens (tertiary/aromatic N) is 3. The zero-order valence-corrected chi connectivity index (χ0v) is 8.42. The molecule has 0 saturated heterocycles. The van der Waals surface area contributed by atoms with Crippen LogP contribution in [0.25, 0.3) is 0 Å². The van der Waals surface area contributed by atoms with Crippen LogP contribution < -0.4 is 0 Å². The van der Waals surface area contributed by atoms with Gasteiger partial charge in [-0.1, -0.05) is 13.8 Å². The second kappa shape index (κ2) is 3.53. The van der Waals surface area contributed by atoms with Gasteiger partial charge >= 0.3 is 0 Å². The Hall–Kier alpha value is -1.43. The summed E-state index contributed by atoms with van der Waals surface area (Å²) in [5.41, 5.74) is 2.28. The molecule has 0 bridgehead atoms. The van der Waals surface area contributed by atoms with Crippen molar-refractivity contribution in [2.45, 2.75) is 33.6 Å². The van der Waals surface area contributed by atoms with Crippen molar-refractivity contribution in [2.75, 3.05) is 0 Å². The van der Waals surface area contributed by atoms with Gasteiger partial charge in [-0.25, -0.2) is 9.97 Å². The maximum atomic E-state index is 8.81. The minimum absolute atomic E-state index is 0.270. The summed E-state index contributed by atoms with van der Waals surface area (Å²) in [6, 6.07) is 2.08. The first kappa shape index (κ1) is 9.66. The van der Waals surface area contributed by atoms with E-state index in [0.29, 0.717) is 5.69 Å². The highest BCUT2D eigenvalue weighted by atomic mass is 14.9. The van der Waals surface area contributed by atoms with Gasteiger partial charge in [0, 0.05) is 17.2 Å². The first-order valence-electron chi connectivity index (χ1n) is 4.31. The van der Waals surface area contributed by atoms with Crippen molar-refractivity contribution in [1.29, 1.82) is 5.26 Å². The lowest BCUT2D eigenvalue weighted by Gasteiger charge is -2.07. The molecule has 3 heteroatoms. The number of nitriles is 1. The number of rotatable bonds is 1. The van der Waals surface area contributed by atoms with E-state index in [1.54, 1.807) is 0 Å². The Morgan fingerprint density at radius 1 is 1.23 bits per heavy atom. The van der Waals surface area contributed by atoms with Crippen molar-refractivity contribution < 1.29 is 0 Å². The molecule has 1 heterocycles. The van der Waals surface area contributed by atoms with E-state index in [4.69, 9.17) is 5.26 Å². The van der Waals surface area contributed by atoms with E-state index in [-0.39, 0.29) is 5.92 Å².